The lowest BCUT2D eigenvalue weighted by molar-refractivity contribution is 0.573. The van der Waals surface area contributed by atoms with Crippen molar-refractivity contribution < 1.29 is 0 Å². The molecule has 0 amide bonds. The zero-order valence-electron chi connectivity index (χ0n) is 15.4. The van der Waals surface area contributed by atoms with E-state index in [0.29, 0.717) is 16.9 Å². The van der Waals surface area contributed by atoms with Crippen LogP contribution in [0.1, 0.15) is 24.8 Å². The van der Waals surface area contributed by atoms with Gasteiger partial charge in [-0.25, -0.2) is 9.83 Å². The fourth-order valence-corrected chi connectivity index (χ4v) is 4.41. The average molecular weight is 385 g/mol. The molecule has 2 aromatic heterocycles. The summed E-state index contributed by atoms with van der Waals surface area (Å²) in [5.41, 5.74) is 9.33. The number of rotatable bonds is 3. The third-order valence-electron chi connectivity index (χ3n) is 5.02. The van der Waals surface area contributed by atoms with Crippen LogP contribution in [0.4, 0.5) is 17.3 Å². The molecule has 138 valence electrons. The smallest absolute Gasteiger partial charge is 0.237 e. The number of nitrogens with zero attached hydrogens (tertiary/aromatic N) is 4. The van der Waals surface area contributed by atoms with Crippen molar-refractivity contribution in [2.75, 3.05) is 23.7 Å². The van der Waals surface area contributed by atoms with Gasteiger partial charge in [-0.1, -0.05) is 24.3 Å². The summed E-state index contributed by atoms with van der Waals surface area (Å²) in [7, 11) is 0. The van der Waals surface area contributed by atoms with Crippen molar-refractivity contribution in [3.8, 4) is 27.6 Å². The Hall–Kier alpha value is -3.35. The van der Waals surface area contributed by atoms with Crippen LogP contribution in [0, 0.1) is 17.9 Å². The van der Waals surface area contributed by atoms with E-state index in [-0.39, 0.29) is 11.5 Å². The van der Waals surface area contributed by atoms with Gasteiger partial charge in [0.25, 0.3) is 0 Å². The minimum atomic E-state index is 0.186. The van der Waals surface area contributed by atoms with Gasteiger partial charge in [0, 0.05) is 23.5 Å². The van der Waals surface area contributed by atoms with Crippen molar-refractivity contribution in [3.05, 3.63) is 58.8 Å². The predicted molar refractivity (Wildman–Crippen MR) is 114 cm³/mol. The van der Waals surface area contributed by atoms with Crippen LogP contribution in [0.3, 0.4) is 0 Å². The number of nitriles is 1. The molecule has 0 bridgehead atoms. The summed E-state index contributed by atoms with van der Waals surface area (Å²) in [6.07, 6.45) is 3.32. The Morgan fingerprint density at radius 3 is 2.61 bits per heavy atom. The summed E-state index contributed by atoms with van der Waals surface area (Å²) in [5.74, 6) is 0.787. The number of hydrogen-bond donors (Lipinski definition) is 1. The monoisotopic (exact) mass is 385 g/mol. The first-order chi connectivity index (χ1) is 13.7. The zero-order valence-corrected chi connectivity index (χ0v) is 16.2. The van der Waals surface area contributed by atoms with E-state index in [1.165, 1.54) is 6.42 Å². The molecule has 5 nitrogen and oxygen atoms in total. The Bertz CT molecular complexity index is 1080. The first kappa shape index (κ1) is 18.0. The number of anilines is 2. The highest BCUT2D eigenvalue weighted by Crippen LogP contribution is 2.42. The summed E-state index contributed by atoms with van der Waals surface area (Å²) in [6.45, 7) is 9.35. The second-order valence-corrected chi connectivity index (χ2v) is 7.70. The standard InChI is InChI=1S/C22H19N5S/c1-25-20-19(16-8-5-7-15(13-16)18-9-6-12-28-18)17(14-23)22(26-21(20)24)27-10-3-2-4-11-27/h5-9,12-13H,2-4,10-11H2,(H2,24,26). The van der Waals surface area contributed by atoms with E-state index in [9.17, 15) is 5.26 Å². The second-order valence-electron chi connectivity index (χ2n) is 6.75. The zero-order chi connectivity index (χ0) is 19.5. The molecule has 28 heavy (non-hydrogen) atoms. The van der Waals surface area contributed by atoms with Crippen LogP contribution in [0.5, 0.6) is 0 Å². The molecule has 6 heteroatoms. The number of nitrogens with two attached hydrogens (primary N) is 1. The first-order valence-corrected chi connectivity index (χ1v) is 10.1. The van der Waals surface area contributed by atoms with Gasteiger partial charge in [0.15, 0.2) is 0 Å². The van der Waals surface area contributed by atoms with Gasteiger partial charge in [-0.3, -0.25) is 0 Å². The molecular weight excluding hydrogens is 366 g/mol. The Labute approximate surface area is 168 Å². The van der Waals surface area contributed by atoms with Crippen LogP contribution in [-0.4, -0.2) is 18.1 Å². The maximum absolute atomic E-state index is 10.00. The highest BCUT2D eigenvalue weighted by molar-refractivity contribution is 7.13. The minimum Gasteiger partial charge on any atom is -0.392 e. The van der Waals surface area contributed by atoms with Crippen molar-refractivity contribution in [2.24, 2.45) is 0 Å². The van der Waals surface area contributed by atoms with Gasteiger partial charge in [0.1, 0.15) is 17.7 Å². The van der Waals surface area contributed by atoms with E-state index in [2.05, 4.69) is 26.9 Å². The molecule has 3 heterocycles. The lowest BCUT2D eigenvalue weighted by Crippen LogP contribution is -2.31. The van der Waals surface area contributed by atoms with Crippen LogP contribution in [0.2, 0.25) is 0 Å². The largest absolute Gasteiger partial charge is 0.392 e. The molecule has 1 fully saturated rings. The van der Waals surface area contributed by atoms with Gasteiger partial charge in [-0.2, -0.15) is 5.26 Å². The Morgan fingerprint density at radius 2 is 1.93 bits per heavy atom. The predicted octanol–water partition coefficient (Wildman–Crippen LogP) is 5.47. The molecule has 0 unspecified atom stereocenters. The van der Waals surface area contributed by atoms with Crippen LogP contribution in [-0.2, 0) is 0 Å². The van der Waals surface area contributed by atoms with Crippen LogP contribution in [0.25, 0.3) is 26.4 Å². The normalized spacial score (nSPS) is 13.7. The van der Waals surface area contributed by atoms with Crippen molar-refractivity contribution in [1.82, 2.24) is 4.98 Å². The molecule has 4 rings (SSSR count). The summed E-state index contributed by atoms with van der Waals surface area (Å²) >= 11 is 1.66. The van der Waals surface area contributed by atoms with Crippen molar-refractivity contribution in [1.29, 1.82) is 5.26 Å². The quantitative estimate of drug-likeness (QED) is 0.607. The fourth-order valence-electron chi connectivity index (χ4n) is 3.69. The molecule has 1 aromatic carbocycles. The maximum atomic E-state index is 10.00. The third-order valence-corrected chi connectivity index (χ3v) is 5.93. The van der Waals surface area contributed by atoms with E-state index in [1.807, 2.05) is 35.7 Å². The summed E-state index contributed by atoms with van der Waals surface area (Å²) < 4.78 is 0. The van der Waals surface area contributed by atoms with Crippen molar-refractivity contribution >= 4 is 28.7 Å². The molecule has 0 spiro atoms. The first-order valence-electron chi connectivity index (χ1n) is 9.23. The Morgan fingerprint density at radius 1 is 1.14 bits per heavy atom. The molecule has 3 aromatic rings. The van der Waals surface area contributed by atoms with Gasteiger partial charge in [0.2, 0.25) is 5.69 Å². The SMILES string of the molecule is [C-]#[N+]c1c(N)nc(N2CCCCC2)c(C#N)c1-c1cccc(-c2cccs2)c1. The lowest BCUT2D eigenvalue weighted by Gasteiger charge is -2.29. The average Bonchev–Trinajstić information content (AvgIpc) is 3.28. The topological polar surface area (TPSA) is 70.3 Å². The molecule has 0 saturated carbocycles. The fraction of sp³-hybridized carbons (Fsp3) is 0.227. The third kappa shape index (κ3) is 3.19. The van der Waals surface area contributed by atoms with E-state index < -0.39 is 0 Å². The van der Waals surface area contributed by atoms with Crippen molar-refractivity contribution in [2.45, 2.75) is 19.3 Å². The number of piperidine rings is 1. The molecule has 1 aliphatic heterocycles. The van der Waals surface area contributed by atoms with E-state index in [1.54, 1.807) is 11.3 Å². The van der Waals surface area contributed by atoms with E-state index in [4.69, 9.17) is 12.3 Å². The molecule has 2 N–H and O–H groups in total. The Kier molecular flexibility index (Phi) is 4.97. The molecule has 1 saturated heterocycles. The minimum absolute atomic E-state index is 0.186. The van der Waals surface area contributed by atoms with Crippen LogP contribution >= 0.6 is 11.3 Å². The number of benzene rings is 1. The number of aromatic nitrogens is 1. The number of nitrogen functional groups attached to an aromatic ring is 1. The van der Waals surface area contributed by atoms with Gasteiger partial charge in [-0.05, 0) is 47.9 Å². The molecule has 0 aliphatic carbocycles. The van der Waals surface area contributed by atoms with Gasteiger partial charge >= 0.3 is 0 Å². The highest BCUT2D eigenvalue weighted by atomic mass is 32.1. The molecule has 0 atom stereocenters. The van der Waals surface area contributed by atoms with Gasteiger partial charge < -0.3 is 10.6 Å². The van der Waals surface area contributed by atoms with Gasteiger partial charge in [0.05, 0.1) is 12.1 Å². The summed E-state index contributed by atoms with van der Waals surface area (Å²) in [6, 6.07) is 14.3. The van der Waals surface area contributed by atoms with E-state index in [0.717, 1.165) is 41.9 Å². The molecular formula is C22H19N5S. The molecule has 0 radical (unpaired) electrons. The summed E-state index contributed by atoms with van der Waals surface area (Å²) in [4.78, 5) is 11.4. The van der Waals surface area contributed by atoms with Crippen molar-refractivity contribution in [3.63, 3.8) is 0 Å². The summed E-state index contributed by atoms with van der Waals surface area (Å²) in [5, 5.41) is 12.0. The Balaban J connectivity index is 1.93. The number of thiophene rings is 1. The number of pyridine rings is 1. The van der Waals surface area contributed by atoms with Crippen LogP contribution in [0.15, 0.2) is 41.8 Å². The van der Waals surface area contributed by atoms with E-state index >= 15 is 0 Å². The lowest BCUT2D eigenvalue weighted by atomic mass is 9.96. The van der Waals surface area contributed by atoms with Gasteiger partial charge in [-0.15, -0.1) is 11.3 Å². The highest BCUT2D eigenvalue weighted by Gasteiger charge is 2.24. The second kappa shape index (κ2) is 7.72. The molecule has 1 aliphatic rings. The maximum Gasteiger partial charge on any atom is 0.237 e. The van der Waals surface area contributed by atoms with Crippen LogP contribution < -0.4 is 10.6 Å². The number of hydrogen-bond acceptors (Lipinski definition) is 5.